The highest BCUT2D eigenvalue weighted by Gasteiger charge is 2.09. The lowest BCUT2D eigenvalue weighted by atomic mass is 10.1. The predicted molar refractivity (Wildman–Crippen MR) is 84.8 cm³/mol. The zero-order chi connectivity index (χ0) is 16.1. The van der Waals surface area contributed by atoms with Gasteiger partial charge in [-0.15, -0.1) is 0 Å². The van der Waals surface area contributed by atoms with Crippen LogP contribution in [-0.4, -0.2) is 31.5 Å². The van der Waals surface area contributed by atoms with Crippen LogP contribution in [0.25, 0.3) is 12.2 Å². The number of phenolic OH excluding ortho intramolecular Hbond substituents is 2. The Balaban J connectivity index is 2.33. The van der Waals surface area contributed by atoms with Gasteiger partial charge < -0.3 is 24.4 Å². The van der Waals surface area contributed by atoms with E-state index < -0.39 is 0 Å². The van der Waals surface area contributed by atoms with Crippen LogP contribution in [0.4, 0.5) is 0 Å². The number of benzene rings is 2. The number of aromatic hydroxyl groups is 2. The van der Waals surface area contributed by atoms with Crippen molar-refractivity contribution < 1.29 is 24.4 Å². The van der Waals surface area contributed by atoms with Crippen LogP contribution in [0.2, 0.25) is 0 Å². The number of ether oxygens (including phenoxy) is 3. The van der Waals surface area contributed by atoms with Gasteiger partial charge in [0.15, 0.2) is 23.0 Å². The number of rotatable bonds is 5. The van der Waals surface area contributed by atoms with Gasteiger partial charge in [0.1, 0.15) is 0 Å². The second kappa shape index (κ2) is 6.76. The summed E-state index contributed by atoms with van der Waals surface area (Å²) in [6, 6.07) is 8.46. The van der Waals surface area contributed by atoms with Crippen LogP contribution >= 0.6 is 0 Å². The Bertz CT molecular complexity index is 666. The van der Waals surface area contributed by atoms with Crippen molar-refractivity contribution >= 4 is 12.2 Å². The number of methoxy groups -OCH3 is 3. The molecule has 0 aromatic heterocycles. The van der Waals surface area contributed by atoms with Gasteiger partial charge >= 0.3 is 0 Å². The number of hydrogen-bond acceptors (Lipinski definition) is 5. The largest absolute Gasteiger partial charge is 0.504 e. The molecule has 116 valence electrons. The molecule has 0 saturated heterocycles. The van der Waals surface area contributed by atoms with Gasteiger partial charge in [0.25, 0.3) is 0 Å². The van der Waals surface area contributed by atoms with Gasteiger partial charge in [0, 0.05) is 0 Å². The first-order valence-electron chi connectivity index (χ1n) is 6.59. The van der Waals surface area contributed by atoms with E-state index in [0.29, 0.717) is 17.2 Å². The fraction of sp³-hybridized carbons (Fsp3) is 0.176. The van der Waals surface area contributed by atoms with E-state index in [4.69, 9.17) is 14.2 Å². The molecule has 5 heteroatoms. The zero-order valence-electron chi connectivity index (χ0n) is 12.7. The number of phenols is 2. The molecule has 2 rings (SSSR count). The smallest absolute Gasteiger partial charge is 0.200 e. The summed E-state index contributed by atoms with van der Waals surface area (Å²) in [7, 11) is 4.46. The van der Waals surface area contributed by atoms with Crippen molar-refractivity contribution in [1.29, 1.82) is 0 Å². The van der Waals surface area contributed by atoms with Gasteiger partial charge in [-0.25, -0.2) is 0 Å². The van der Waals surface area contributed by atoms with Crippen LogP contribution in [0.1, 0.15) is 11.1 Å². The third-order valence-electron chi connectivity index (χ3n) is 3.17. The summed E-state index contributed by atoms with van der Waals surface area (Å²) >= 11 is 0. The maximum absolute atomic E-state index is 9.88. The molecule has 0 aliphatic rings. The van der Waals surface area contributed by atoms with Gasteiger partial charge in [0.05, 0.1) is 21.3 Å². The van der Waals surface area contributed by atoms with Crippen LogP contribution in [0.5, 0.6) is 28.7 Å². The topological polar surface area (TPSA) is 68.2 Å². The van der Waals surface area contributed by atoms with Crippen molar-refractivity contribution in [3.63, 3.8) is 0 Å². The van der Waals surface area contributed by atoms with Gasteiger partial charge in [0.2, 0.25) is 5.75 Å². The lowest BCUT2D eigenvalue weighted by Gasteiger charge is -2.09. The molecule has 0 bridgehead atoms. The first-order chi connectivity index (χ1) is 10.6. The van der Waals surface area contributed by atoms with Crippen molar-refractivity contribution in [3.05, 3.63) is 41.5 Å². The molecule has 0 saturated carbocycles. The average Bonchev–Trinajstić information content (AvgIpc) is 2.54. The molecule has 0 spiro atoms. The Morgan fingerprint density at radius 1 is 0.727 bits per heavy atom. The average molecular weight is 302 g/mol. The first-order valence-corrected chi connectivity index (χ1v) is 6.59. The molecule has 2 N–H and O–H groups in total. The molecular weight excluding hydrogens is 284 g/mol. The van der Waals surface area contributed by atoms with Gasteiger partial charge in [-0.1, -0.05) is 18.2 Å². The van der Waals surface area contributed by atoms with Gasteiger partial charge in [-0.05, 0) is 35.4 Å². The quantitative estimate of drug-likeness (QED) is 0.829. The Morgan fingerprint density at radius 3 is 1.77 bits per heavy atom. The lowest BCUT2D eigenvalue weighted by Crippen LogP contribution is -1.90. The minimum Gasteiger partial charge on any atom is -0.504 e. The first kappa shape index (κ1) is 15.6. The van der Waals surface area contributed by atoms with Crippen LogP contribution < -0.4 is 14.2 Å². The molecule has 2 aromatic rings. The second-order valence-electron chi connectivity index (χ2n) is 4.54. The summed E-state index contributed by atoms with van der Waals surface area (Å²) < 4.78 is 15.3. The standard InChI is InChI=1S/C17H18O5/c1-20-14-8-11(6-7-13(14)18)4-5-12-9-15(21-2)17(19)16(10-12)22-3/h4-10,18-19H,1-3H3/b5-4-. The fourth-order valence-electron chi connectivity index (χ4n) is 2.00. The van der Waals surface area contributed by atoms with Gasteiger partial charge in [-0.2, -0.15) is 0 Å². The van der Waals surface area contributed by atoms with E-state index in [1.807, 2.05) is 12.2 Å². The van der Waals surface area contributed by atoms with Crippen LogP contribution in [-0.2, 0) is 0 Å². The van der Waals surface area contributed by atoms with Crippen molar-refractivity contribution in [3.8, 4) is 28.7 Å². The van der Waals surface area contributed by atoms with Crippen molar-refractivity contribution in [1.82, 2.24) is 0 Å². The molecule has 0 radical (unpaired) electrons. The molecule has 5 nitrogen and oxygen atoms in total. The molecule has 2 aromatic carbocycles. The maximum atomic E-state index is 9.88. The highest BCUT2D eigenvalue weighted by molar-refractivity contribution is 5.73. The van der Waals surface area contributed by atoms with E-state index in [9.17, 15) is 10.2 Å². The monoisotopic (exact) mass is 302 g/mol. The Kier molecular flexibility index (Phi) is 4.78. The van der Waals surface area contributed by atoms with E-state index in [1.54, 1.807) is 30.3 Å². The third kappa shape index (κ3) is 3.25. The summed E-state index contributed by atoms with van der Waals surface area (Å²) in [5.41, 5.74) is 1.67. The summed E-state index contributed by atoms with van der Waals surface area (Å²) in [6.45, 7) is 0. The summed E-state index contributed by atoms with van der Waals surface area (Å²) in [5.74, 6) is 1.13. The Labute approximate surface area is 129 Å². The molecule has 0 unspecified atom stereocenters. The summed E-state index contributed by atoms with van der Waals surface area (Å²) in [6.07, 6.45) is 3.70. The van der Waals surface area contributed by atoms with Crippen molar-refractivity contribution in [2.24, 2.45) is 0 Å². The van der Waals surface area contributed by atoms with E-state index in [0.717, 1.165) is 11.1 Å². The van der Waals surface area contributed by atoms with Crippen molar-refractivity contribution in [2.45, 2.75) is 0 Å². The minimum atomic E-state index is -0.0338. The molecular formula is C17H18O5. The normalized spacial score (nSPS) is 10.7. The molecule has 0 fully saturated rings. The van der Waals surface area contributed by atoms with Crippen LogP contribution in [0.3, 0.4) is 0 Å². The molecule has 0 aliphatic heterocycles. The molecule has 0 amide bonds. The number of hydrogen-bond donors (Lipinski definition) is 2. The maximum Gasteiger partial charge on any atom is 0.200 e. The van der Waals surface area contributed by atoms with E-state index in [2.05, 4.69) is 0 Å². The SMILES string of the molecule is COc1cc(/C=C\c2cc(OC)c(O)c(OC)c2)ccc1O. The lowest BCUT2D eigenvalue weighted by molar-refractivity contribution is 0.340. The van der Waals surface area contributed by atoms with E-state index in [1.165, 1.54) is 21.3 Å². The Morgan fingerprint density at radius 2 is 1.23 bits per heavy atom. The third-order valence-corrected chi connectivity index (χ3v) is 3.17. The molecule has 0 aliphatic carbocycles. The van der Waals surface area contributed by atoms with Gasteiger partial charge in [-0.3, -0.25) is 0 Å². The minimum absolute atomic E-state index is 0.0338. The fourth-order valence-corrected chi connectivity index (χ4v) is 2.00. The predicted octanol–water partition coefficient (Wildman–Crippen LogP) is 3.29. The molecule has 22 heavy (non-hydrogen) atoms. The second-order valence-corrected chi connectivity index (χ2v) is 4.54. The van der Waals surface area contributed by atoms with Crippen molar-refractivity contribution in [2.75, 3.05) is 21.3 Å². The van der Waals surface area contributed by atoms with Crippen LogP contribution in [0, 0.1) is 0 Å². The van der Waals surface area contributed by atoms with E-state index in [-0.39, 0.29) is 11.5 Å². The summed E-state index contributed by atoms with van der Waals surface area (Å²) in [4.78, 5) is 0. The highest BCUT2D eigenvalue weighted by atomic mass is 16.5. The zero-order valence-corrected chi connectivity index (χ0v) is 12.7. The molecule has 0 heterocycles. The van der Waals surface area contributed by atoms with E-state index >= 15 is 0 Å². The molecule has 0 atom stereocenters. The summed E-state index contributed by atoms with van der Waals surface area (Å²) in [5, 5.41) is 19.5. The highest BCUT2D eigenvalue weighted by Crippen LogP contribution is 2.37. The van der Waals surface area contributed by atoms with Crippen LogP contribution in [0.15, 0.2) is 30.3 Å². The Hall–Kier alpha value is -2.82.